The van der Waals surface area contributed by atoms with E-state index in [0.717, 1.165) is 25.0 Å². The lowest BCUT2D eigenvalue weighted by Gasteiger charge is -2.15. The summed E-state index contributed by atoms with van der Waals surface area (Å²) in [5, 5.41) is 14.9. The van der Waals surface area contributed by atoms with E-state index >= 15 is 0 Å². The highest BCUT2D eigenvalue weighted by Crippen LogP contribution is 2.10. The maximum atomic E-state index is 11.8. The average Bonchev–Trinajstić information content (AvgIpc) is 2.80. The molecule has 0 saturated carbocycles. The Bertz CT molecular complexity index is 366. The van der Waals surface area contributed by atoms with Gasteiger partial charge >= 0.3 is 0 Å². The summed E-state index contributed by atoms with van der Waals surface area (Å²) in [7, 11) is 0. The maximum Gasteiger partial charge on any atom is 0.192 e. The number of aliphatic hydroxyl groups excluding tert-OH is 1. The van der Waals surface area contributed by atoms with E-state index in [9.17, 15) is 9.90 Å². The molecular weight excluding hydrogens is 248 g/mol. The predicted molar refractivity (Wildman–Crippen MR) is 74.2 cm³/mol. The molecule has 0 aromatic carbocycles. The number of Topliss-reactive ketones (excluding diaryl/α,β-unsaturated/α-hetero) is 1. The summed E-state index contributed by atoms with van der Waals surface area (Å²) in [5.41, 5.74) is 0.896. The van der Waals surface area contributed by atoms with Gasteiger partial charge in [0.25, 0.3) is 0 Å². The first-order chi connectivity index (χ1) is 8.67. The van der Waals surface area contributed by atoms with E-state index in [1.54, 1.807) is 0 Å². The molecule has 4 nitrogen and oxygen atoms in total. The predicted octanol–water partition coefficient (Wildman–Crippen LogP) is 2.17. The third-order valence-electron chi connectivity index (χ3n) is 2.77. The third-order valence-corrected chi connectivity index (χ3v) is 3.77. The van der Waals surface area contributed by atoms with E-state index in [1.807, 2.05) is 12.3 Å². The van der Waals surface area contributed by atoms with E-state index < -0.39 is 0 Å². The van der Waals surface area contributed by atoms with Crippen molar-refractivity contribution >= 4 is 17.1 Å². The molecule has 0 radical (unpaired) electrons. The first-order valence-corrected chi connectivity index (χ1v) is 7.35. The Morgan fingerprint density at radius 1 is 1.61 bits per heavy atom. The molecule has 0 aliphatic carbocycles. The number of hydrogen-bond acceptors (Lipinski definition) is 5. The molecule has 5 heteroatoms. The van der Waals surface area contributed by atoms with Gasteiger partial charge in [0.1, 0.15) is 0 Å². The summed E-state index contributed by atoms with van der Waals surface area (Å²) in [4.78, 5) is 16.0. The summed E-state index contributed by atoms with van der Waals surface area (Å²) in [6.45, 7) is 4.75. The van der Waals surface area contributed by atoms with Crippen LogP contribution >= 0.6 is 11.3 Å². The average molecular weight is 270 g/mol. The van der Waals surface area contributed by atoms with E-state index in [0.29, 0.717) is 18.0 Å². The van der Waals surface area contributed by atoms with Crippen LogP contribution in [0.3, 0.4) is 0 Å². The van der Waals surface area contributed by atoms with Gasteiger partial charge in [-0.2, -0.15) is 0 Å². The molecule has 1 aromatic heterocycles. The van der Waals surface area contributed by atoms with Crippen molar-refractivity contribution in [2.24, 2.45) is 0 Å². The second-order valence-corrected chi connectivity index (χ2v) is 5.30. The van der Waals surface area contributed by atoms with Crippen LogP contribution in [0.5, 0.6) is 0 Å². The normalized spacial score (nSPS) is 12.6. The van der Waals surface area contributed by atoms with E-state index in [2.05, 4.69) is 17.2 Å². The van der Waals surface area contributed by atoms with Crippen LogP contribution in [-0.2, 0) is 0 Å². The van der Waals surface area contributed by atoms with Crippen molar-refractivity contribution in [1.82, 2.24) is 10.3 Å². The Kier molecular flexibility index (Phi) is 7.08. The summed E-state index contributed by atoms with van der Waals surface area (Å²) >= 11 is 1.40. The Hall–Kier alpha value is -0.780. The molecule has 0 bridgehead atoms. The number of aryl methyl sites for hydroxylation is 1. The molecule has 102 valence electrons. The van der Waals surface area contributed by atoms with Gasteiger partial charge in [0.15, 0.2) is 10.8 Å². The highest BCUT2D eigenvalue weighted by atomic mass is 32.1. The number of carbonyl (C=O) groups is 1. The van der Waals surface area contributed by atoms with Crippen molar-refractivity contribution in [2.45, 2.75) is 45.6 Å². The number of aliphatic hydroxyl groups is 1. The molecule has 0 spiro atoms. The highest BCUT2D eigenvalue weighted by molar-refractivity contribution is 7.11. The monoisotopic (exact) mass is 270 g/mol. The molecule has 1 unspecified atom stereocenters. The zero-order valence-corrected chi connectivity index (χ0v) is 11.9. The van der Waals surface area contributed by atoms with E-state index in [4.69, 9.17) is 0 Å². The van der Waals surface area contributed by atoms with Gasteiger partial charge in [0.2, 0.25) is 0 Å². The van der Waals surface area contributed by atoms with Crippen LogP contribution in [0.1, 0.15) is 48.1 Å². The van der Waals surface area contributed by atoms with Crippen molar-refractivity contribution in [3.63, 3.8) is 0 Å². The zero-order valence-electron chi connectivity index (χ0n) is 11.1. The minimum Gasteiger partial charge on any atom is -0.395 e. The van der Waals surface area contributed by atoms with Crippen LogP contribution in [0.4, 0.5) is 0 Å². The molecule has 0 amide bonds. The number of ketones is 1. The van der Waals surface area contributed by atoms with Crippen LogP contribution in [-0.4, -0.2) is 35.1 Å². The zero-order chi connectivity index (χ0) is 13.4. The second kappa shape index (κ2) is 8.34. The molecule has 2 N–H and O–H groups in total. The molecule has 1 atom stereocenters. The first kappa shape index (κ1) is 15.3. The Morgan fingerprint density at radius 2 is 2.39 bits per heavy atom. The molecule has 0 aliphatic rings. The Labute approximate surface area is 112 Å². The Morgan fingerprint density at radius 3 is 2.94 bits per heavy atom. The fourth-order valence-corrected chi connectivity index (χ4v) is 2.45. The molecule has 0 aliphatic heterocycles. The summed E-state index contributed by atoms with van der Waals surface area (Å²) in [6, 6.07) is 0.107. The first-order valence-electron chi connectivity index (χ1n) is 6.47. The number of unbranched alkanes of at least 4 members (excludes halogenated alkanes) is 1. The van der Waals surface area contributed by atoms with Crippen molar-refractivity contribution in [3.05, 3.63) is 16.1 Å². The fraction of sp³-hybridized carbons (Fsp3) is 0.692. The van der Waals surface area contributed by atoms with Crippen LogP contribution in [0.25, 0.3) is 0 Å². The van der Waals surface area contributed by atoms with Gasteiger partial charge in [0, 0.05) is 30.1 Å². The van der Waals surface area contributed by atoms with E-state index in [-0.39, 0.29) is 18.4 Å². The Balaban J connectivity index is 2.26. The van der Waals surface area contributed by atoms with Crippen molar-refractivity contribution in [2.75, 3.05) is 13.2 Å². The summed E-state index contributed by atoms with van der Waals surface area (Å²) < 4.78 is 0. The number of nitrogens with one attached hydrogen (secondary N) is 1. The number of carbonyl (C=O) groups excluding carboxylic acids is 1. The smallest absolute Gasteiger partial charge is 0.192 e. The van der Waals surface area contributed by atoms with Crippen molar-refractivity contribution in [1.29, 1.82) is 0 Å². The molecule has 0 fully saturated rings. The molecule has 1 aromatic rings. The minimum absolute atomic E-state index is 0.0766. The van der Waals surface area contributed by atoms with Gasteiger partial charge < -0.3 is 10.4 Å². The third kappa shape index (κ3) is 5.25. The number of aromatic nitrogens is 1. The fourth-order valence-electron chi connectivity index (χ4n) is 1.69. The standard InChI is InChI=1S/C13H22N2O2S/c1-3-4-5-11(8-16)14-7-6-12(17)13-15-10(2)9-18-13/h9,11,14,16H,3-8H2,1-2H3. The number of hydrogen-bond donors (Lipinski definition) is 2. The van der Waals surface area contributed by atoms with Gasteiger partial charge in [-0.05, 0) is 13.3 Å². The van der Waals surface area contributed by atoms with E-state index in [1.165, 1.54) is 11.3 Å². The molecule has 1 rings (SSSR count). The van der Waals surface area contributed by atoms with Gasteiger partial charge in [0.05, 0.1) is 6.61 Å². The van der Waals surface area contributed by atoms with Crippen LogP contribution in [0.15, 0.2) is 5.38 Å². The van der Waals surface area contributed by atoms with Gasteiger partial charge in [-0.15, -0.1) is 11.3 Å². The lowest BCUT2D eigenvalue weighted by molar-refractivity contribution is 0.0979. The van der Waals surface area contributed by atoms with Crippen molar-refractivity contribution < 1.29 is 9.90 Å². The van der Waals surface area contributed by atoms with Crippen molar-refractivity contribution in [3.8, 4) is 0 Å². The number of nitrogens with zero attached hydrogens (tertiary/aromatic N) is 1. The van der Waals surface area contributed by atoms with Gasteiger partial charge in [-0.3, -0.25) is 4.79 Å². The maximum absolute atomic E-state index is 11.8. The number of thiazole rings is 1. The largest absolute Gasteiger partial charge is 0.395 e. The molecule has 0 saturated heterocycles. The second-order valence-electron chi connectivity index (χ2n) is 4.44. The van der Waals surface area contributed by atoms with Crippen LogP contribution in [0, 0.1) is 6.92 Å². The SMILES string of the molecule is CCCCC(CO)NCCC(=O)c1nc(C)cs1. The van der Waals surface area contributed by atoms with Crippen LogP contribution in [0.2, 0.25) is 0 Å². The molecular formula is C13H22N2O2S. The highest BCUT2D eigenvalue weighted by Gasteiger charge is 2.11. The molecule has 18 heavy (non-hydrogen) atoms. The lowest BCUT2D eigenvalue weighted by atomic mass is 10.1. The number of rotatable bonds is 9. The van der Waals surface area contributed by atoms with Gasteiger partial charge in [-0.1, -0.05) is 19.8 Å². The van der Waals surface area contributed by atoms with Crippen LogP contribution < -0.4 is 5.32 Å². The summed E-state index contributed by atoms with van der Waals surface area (Å²) in [5.74, 6) is 0.0766. The minimum atomic E-state index is 0.0766. The topological polar surface area (TPSA) is 62.2 Å². The van der Waals surface area contributed by atoms with Gasteiger partial charge in [-0.25, -0.2) is 4.98 Å². The lowest BCUT2D eigenvalue weighted by Crippen LogP contribution is -2.34. The quantitative estimate of drug-likeness (QED) is 0.675. The summed E-state index contributed by atoms with van der Waals surface area (Å²) in [6.07, 6.45) is 3.61. The molecule has 1 heterocycles.